The van der Waals surface area contributed by atoms with Crippen molar-refractivity contribution in [2.75, 3.05) is 7.05 Å². The van der Waals surface area contributed by atoms with Crippen LogP contribution in [0, 0.1) is 20.2 Å². The van der Waals surface area contributed by atoms with Crippen molar-refractivity contribution in [1.82, 2.24) is 0 Å². The first-order valence-electron chi connectivity index (χ1n) is 8.37. The first-order valence-corrected chi connectivity index (χ1v) is 8.37. The van der Waals surface area contributed by atoms with E-state index in [1.54, 1.807) is 0 Å². The second-order valence-electron chi connectivity index (χ2n) is 6.82. The number of nitro groups is 2. The van der Waals surface area contributed by atoms with E-state index in [0.717, 1.165) is 0 Å². The highest BCUT2D eigenvalue weighted by Crippen LogP contribution is 2.22. The summed E-state index contributed by atoms with van der Waals surface area (Å²) in [4.78, 5) is 27.7. The van der Waals surface area contributed by atoms with Gasteiger partial charge in [0.15, 0.2) is 0 Å². The zero-order chi connectivity index (χ0) is 22.2. The zero-order valence-corrected chi connectivity index (χ0v) is 16.4. The Kier molecular flexibility index (Phi) is 7.95. The second-order valence-corrected chi connectivity index (χ2v) is 6.82. The Morgan fingerprint density at radius 1 is 0.862 bits per heavy atom. The van der Waals surface area contributed by atoms with Crippen molar-refractivity contribution in [3.63, 3.8) is 0 Å². The largest absolute Gasteiger partial charge is 0.507 e. The average molecular weight is 402 g/mol. The molecule has 0 heterocycles. The van der Waals surface area contributed by atoms with E-state index in [4.69, 9.17) is 0 Å². The van der Waals surface area contributed by atoms with Crippen LogP contribution in [-0.4, -0.2) is 45.1 Å². The first-order chi connectivity index (χ1) is 13.4. The zero-order valence-electron chi connectivity index (χ0n) is 16.4. The van der Waals surface area contributed by atoms with Crippen LogP contribution in [0.25, 0.3) is 0 Å². The molecule has 0 atom stereocenters. The number of aliphatic imine (C=N–C) groups is 2. The van der Waals surface area contributed by atoms with Gasteiger partial charge in [-0.15, -0.1) is 0 Å². The number of non-ortho nitro benzene ring substituents is 2. The fraction of sp³-hybridized carbons (Fsp3) is 0.263. The number of nitrogens with zero attached hydrogens (tertiary/aromatic N) is 4. The molecule has 2 aromatic rings. The van der Waals surface area contributed by atoms with Crippen LogP contribution in [0.15, 0.2) is 46.4 Å². The third-order valence-electron chi connectivity index (χ3n) is 3.30. The molecule has 0 aliphatic carbocycles. The highest BCUT2D eigenvalue weighted by atomic mass is 16.6. The van der Waals surface area contributed by atoms with Crippen LogP contribution in [0.2, 0.25) is 0 Å². The Morgan fingerprint density at radius 3 is 1.62 bits per heavy atom. The van der Waals surface area contributed by atoms with Crippen molar-refractivity contribution in [2.45, 2.75) is 26.3 Å². The smallest absolute Gasteiger partial charge is 0.270 e. The van der Waals surface area contributed by atoms with Crippen molar-refractivity contribution in [2.24, 2.45) is 9.98 Å². The average Bonchev–Trinajstić information content (AvgIpc) is 2.62. The van der Waals surface area contributed by atoms with Gasteiger partial charge in [-0.1, -0.05) is 0 Å². The number of nitro benzene ring substituents is 2. The van der Waals surface area contributed by atoms with Crippen LogP contribution in [0.4, 0.5) is 11.4 Å². The van der Waals surface area contributed by atoms with E-state index in [9.17, 15) is 30.4 Å². The minimum atomic E-state index is -0.521. The van der Waals surface area contributed by atoms with Gasteiger partial charge in [0.05, 0.1) is 15.4 Å². The lowest BCUT2D eigenvalue weighted by Crippen LogP contribution is -2.09. The summed E-state index contributed by atoms with van der Waals surface area (Å²) in [5, 5.41) is 39.6. The molecule has 0 unspecified atom stereocenters. The van der Waals surface area contributed by atoms with E-state index in [2.05, 4.69) is 9.98 Å². The molecule has 0 saturated carbocycles. The van der Waals surface area contributed by atoms with E-state index in [0.29, 0.717) is 11.1 Å². The van der Waals surface area contributed by atoms with E-state index in [1.165, 1.54) is 55.9 Å². The molecule has 10 heteroatoms. The molecule has 2 aromatic carbocycles. The van der Waals surface area contributed by atoms with Gasteiger partial charge in [-0.2, -0.15) is 0 Å². The first kappa shape index (κ1) is 23.2. The third-order valence-corrected chi connectivity index (χ3v) is 3.30. The minimum Gasteiger partial charge on any atom is -0.507 e. The SMILES string of the molecule is CC(C)(C)N=Cc1cc([N+](=O)[O-])ccc1O.CN=Cc1cc([N+](=O)[O-])ccc1O. The summed E-state index contributed by atoms with van der Waals surface area (Å²) in [5.41, 5.74) is 0.290. The minimum absolute atomic E-state index is 0.0152. The molecular weight excluding hydrogens is 380 g/mol. The molecule has 0 amide bonds. The molecule has 2 rings (SSSR count). The molecule has 0 spiro atoms. The monoisotopic (exact) mass is 402 g/mol. The highest BCUT2D eigenvalue weighted by Gasteiger charge is 2.11. The maximum atomic E-state index is 10.5. The molecule has 0 radical (unpaired) electrons. The number of hydrogen-bond donors (Lipinski definition) is 2. The molecule has 0 bridgehead atoms. The summed E-state index contributed by atoms with van der Waals surface area (Å²) < 4.78 is 0. The Morgan fingerprint density at radius 2 is 1.28 bits per heavy atom. The molecule has 0 aromatic heterocycles. The summed E-state index contributed by atoms with van der Waals surface area (Å²) in [6, 6.07) is 7.62. The number of aromatic hydroxyl groups is 2. The van der Waals surface area contributed by atoms with Crippen molar-refractivity contribution in [3.05, 3.63) is 67.8 Å². The van der Waals surface area contributed by atoms with E-state index in [-0.39, 0.29) is 28.4 Å². The van der Waals surface area contributed by atoms with Crippen LogP contribution in [0.5, 0.6) is 11.5 Å². The number of phenolic OH excluding ortho intramolecular Hbond substituents is 2. The molecule has 0 fully saturated rings. The molecule has 0 aliphatic heterocycles. The van der Waals surface area contributed by atoms with Gasteiger partial charge in [-0.3, -0.25) is 30.2 Å². The van der Waals surface area contributed by atoms with E-state index >= 15 is 0 Å². The van der Waals surface area contributed by atoms with Gasteiger partial charge in [0.1, 0.15) is 11.5 Å². The molecule has 154 valence electrons. The Bertz CT molecular complexity index is 948. The summed E-state index contributed by atoms with van der Waals surface area (Å²) in [6.07, 6.45) is 2.81. The number of phenols is 2. The van der Waals surface area contributed by atoms with Crippen LogP contribution >= 0.6 is 0 Å². The van der Waals surface area contributed by atoms with Gasteiger partial charge in [0.25, 0.3) is 11.4 Å². The fourth-order valence-electron chi connectivity index (χ4n) is 1.92. The van der Waals surface area contributed by atoms with E-state index in [1.807, 2.05) is 20.8 Å². The van der Waals surface area contributed by atoms with Crippen LogP contribution in [0.1, 0.15) is 31.9 Å². The molecule has 29 heavy (non-hydrogen) atoms. The fourth-order valence-corrected chi connectivity index (χ4v) is 1.92. The Labute approximate surface area is 167 Å². The quantitative estimate of drug-likeness (QED) is 0.450. The van der Waals surface area contributed by atoms with Crippen molar-refractivity contribution in [3.8, 4) is 11.5 Å². The number of rotatable bonds is 4. The maximum Gasteiger partial charge on any atom is 0.270 e. The lowest BCUT2D eigenvalue weighted by molar-refractivity contribution is -0.385. The summed E-state index contributed by atoms with van der Waals surface area (Å²) in [6.45, 7) is 5.70. The predicted molar refractivity (Wildman–Crippen MR) is 110 cm³/mol. The molecule has 2 N–H and O–H groups in total. The van der Waals surface area contributed by atoms with E-state index < -0.39 is 9.85 Å². The molecular formula is C19H22N4O6. The van der Waals surface area contributed by atoms with Gasteiger partial charge < -0.3 is 10.2 Å². The summed E-state index contributed by atoms with van der Waals surface area (Å²) in [7, 11) is 1.53. The lowest BCUT2D eigenvalue weighted by atomic mass is 10.1. The Hall–Kier alpha value is -3.82. The van der Waals surface area contributed by atoms with Crippen LogP contribution in [0.3, 0.4) is 0 Å². The summed E-state index contributed by atoms with van der Waals surface area (Å²) in [5.74, 6) is -0.0326. The van der Waals surface area contributed by atoms with Crippen molar-refractivity contribution in [1.29, 1.82) is 0 Å². The topological polar surface area (TPSA) is 151 Å². The van der Waals surface area contributed by atoms with Gasteiger partial charge >= 0.3 is 0 Å². The van der Waals surface area contributed by atoms with Crippen molar-refractivity contribution < 1.29 is 20.1 Å². The highest BCUT2D eigenvalue weighted by molar-refractivity contribution is 5.85. The molecule has 0 saturated heterocycles. The van der Waals surface area contributed by atoms with Gasteiger partial charge in [0, 0.05) is 54.9 Å². The molecule has 10 nitrogen and oxygen atoms in total. The van der Waals surface area contributed by atoms with Crippen LogP contribution in [-0.2, 0) is 0 Å². The normalized spacial score (nSPS) is 11.3. The maximum absolute atomic E-state index is 10.5. The van der Waals surface area contributed by atoms with Crippen molar-refractivity contribution >= 4 is 23.8 Å². The predicted octanol–water partition coefficient (Wildman–Crippen LogP) is 3.87. The molecule has 0 aliphatic rings. The van der Waals surface area contributed by atoms with Gasteiger partial charge in [-0.25, -0.2) is 0 Å². The van der Waals surface area contributed by atoms with Gasteiger partial charge in [0.2, 0.25) is 0 Å². The number of hydrogen-bond acceptors (Lipinski definition) is 8. The lowest BCUT2D eigenvalue weighted by Gasteiger charge is -2.10. The third kappa shape index (κ3) is 7.75. The second kappa shape index (κ2) is 9.93. The van der Waals surface area contributed by atoms with Crippen LogP contribution < -0.4 is 0 Å². The van der Waals surface area contributed by atoms with Gasteiger partial charge in [-0.05, 0) is 32.9 Å². The number of benzene rings is 2. The Balaban J connectivity index is 0.000000296. The standard InChI is InChI=1S/C11H14N2O3.C8H8N2O3/c1-11(2,3)12-7-8-6-9(13(15)16)4-5-10(8)14;1-9-5-6-4-7(10(12)13)2-3-8(6)11/h4-7,14H,1-3H3;2-5,11H,1H3. The summed E-state index contributed by atoms with van der Waals surface area (Å²) >= 11 is 0.